The van der Waals surface area contributed by atoms with Gasteiger partial charge in [0.25, 0.3) is 0 Å². The molecule has 0 amide bonds. The minimum Gasteiger partial charge on any atom is -0.396 e. The van der Waals surface area contributed by atoms with E-state index >= 15 is 0 Å². The van der Waals surface area contributed by atoms with Crippen molar-refractivity contribution in [3.63, 3.8) is 0 Å². The summed E-state index contributed by atoms with van der Waals surface area (Å²) in [6.45, 7) is 1.99. The third-order valence-corrected chi connectivity index (χ3v) is 1.87. The molecule has 17 heavy (non-hydrogen) atoms. The number of nitrogen functional groups attached to an aromatic ring is 2. The lowest BCUT2D eigenvalue weighted by Crippen LogP contribution is -2.12. The average Bonchev–Trinajstić information content (AvgIpc) is 2.26. The largest absolute Gasteiger partial charge is 0.396 e. The van der Waals surface area contributed by atoms with E-state index in [2.05, 4.69) is 20.3 Å². The molecule has 0 bridgehead atoms. The quantitative estimate of drug-likeness (QED) is 0.437. The lowest BCUT2D eigenvalue weighted by molar-refractivity contribution is 0.116. The highest BCUT2D eigenvalue weighted by molar-refractivity contribution is 5.36. The molecule has 0 aliphatic heterocycles. The standard InChI is InChI=1S/C9H18N6O2/c10-7-13-8(11)15-9(14-7)12-3-1-5-17-6-2-4-16/h16H,1-6H2,(H5,10,11,12,13,14,15). The molecule has 1 heterocycles. The maximum atomic E-state index is 8.53. The van der Waals surface area contributed by atoms with Crippen molar-refractivity contribution in [3.8, 4) is 0 Å². The van der Waals surface area contributed by atoms with Crippen LogP contribution in [0.15, 0.2) is 0 Å². The zero-order chi connectivity index (χ0) is 12.5. The Morgan fingerprint density at radius 2 is 1.71 bits per heavy atom. The van der Waals surface area contributed by atoms with Crippen LogP contribution in [0.1, 0.15) is 12.8 Å². The van der Waals surface area contributed by atoms with Crippen LogP contribution in [-0.2, 0) is 4.74 Å². The van der Waals surface area contributed by atoms with Crippen LogP contribution in [-0.4, -0.2) is 46.4 Å². The summed E-state index contributed by atoms with van der Waals surface area (Å²) < 4.78 is 5.26. The average molecular weight is 242 g/mol. The summed E-state index contributed by atoms with van der Waals surface area (Å²) in [5.74, 6) is 0.559. The molecule has 0 unspecified atom stereocenters. The third kappa shape index (κ3) is 5.83. The Hall–Kier alpha value is -1.67. The molecule has 6 N–H and O–H groups in total. The summed E-state index contributed by atoms with van der Waals surface area (Å²) in [6.07, 6.45) is 1.46. The summed E-state index contributed by atoms with van der Waals surface area (Å²) in [4.78, 5) is 11.4. The van der Waals surface area contributed by atoms with E-state index in [9.17, 15) is 0 Å². The van der Waals surface area contributed by atoms with Crippen molar-refractivity contribution in [3.05, 3.63) is 0 Å². The van der Waals surface area contributed by atoms with E-state index in [-0.39, 0.29) is 18.5 Å². The van der Waals surface area contributed by atoms with Gasteiger partial charge in [0.15, 0.2) is 0 Å². The number of aliphatic hydroxyl groups is 1. The van der Waals surface area contributed by atoms with Gasteiger partial charge in [-0.1, -0.05) is 0 Å². The molecule has 0 radical (unpaired) electrons. The van der Waals surface area contributed by atoms with Crippen molar-refractivity contribution in [1.82, 2.24) is 15.0 Å². The summed E-state index contributed by atoms with van der Waals surface area (Å²) in [5.41, 5.74) is 10.8. The fraction of sp³-hybridized carbons (Fsp3) is 0.667. The second kappa shape index (κ2) is 7.58. The molecule has 0 aliphatic rings. The van der Waals surface area contributed by atoms with Crippen molar-refractivity contribution >= 4 is 17.8 Å². The van der Waals surface area contributed by atoms with Gasteiger partial charge in [-0.2, -0.15) is 15.0 Å². The Morgan fingerprint density at radius 1 is 1.06 bits per heavy atom. The molecule has 0 fully saturated rings. The number of ether oxygens (including phenoxy) is 1. The van der Waals surface area contributed by atoms with E-state index in [0.717, 1.165) is 6.42 Å². The molecular formula is C9H18N6O2. The lowest BCUT2D eigenvalue weighted by Gasteiger charge is -2.06. The van der Waals surface area contributed by atoms with Gasteiger partial charge in [-0.15, -0.1) is 0 Å². The van der Waals surface area contributed by atoms with Gasteiger partial charge in [0, 0.05) is 26.4 Å². The number of rotatable bonds is 8. The van der Waals surface area contributed by atoms with E-state index in [0.29, 0.717) is 32.1 Å². The van der Waals surface area contributed by atoms with Gasteiger partial charge in [-0.25, -0.2) is 0 Å². The maximum absolute atomic E-state index is 8.53. The molecule has 0 atom stereocenters. The maximum Gasteiger partial charge on any atom is 0.229 e. The lowest BCUT2D eigenvalue weighted by atomic mass is 10.4. The van der Waals surface area contributed by atoms with Gasteiger partial charge in [-0.05, 0) is 12.8 Å². The molecule has 96 valence electrons. The fourth-order valence-electron chi connectivity index (χ4n) is 1.13. The number of nitrogens with zero attached hydrogens (tertiary/aromatic N) is 3. The van der Waals surface area contributed by atoms with Crippen molar-refractivity contribution in [2.45, 2.75) is 12.8 Å². The second-order valence-electron chi connectivity index (χ2n) is 3.35. The van der Waals surface area contributed by atoms with Crippen LogP contribution in [0.25, 0.3) is 0 Å². The zero-order valence-corrected chi connectivity index (χ0v) is 9.59. The highest BCUT2D eigenvalue weighted by Crippen LogP contribution is 2.03. The van der Waals surface area contributed by atoms with E-state index < -0.39 is 0 Å². The van der Waals surface area contributed by atoms with Gasteiger partial charge in [0.05, 0.1) is 0 Å². The highest BCUT2D eigenvalue weighted by Gasteiger charge is 2.00. The molecule has 0 spiro atoms. The Kier molecular flexibility index (Phi) is 5.97. The Balaban J connectivity index is 2.13. The van der Waals surface area contributed by atoms with Gasteiger partial charge in [0.1, 0.15) is 0 Å². The molecule has 0 saturated carbocycles. The van der Waals surface area contributed by atoms with E-state index in [1.54, 1.807) is 0 Å². The number of nitrogens with two attached hydrogens (primary N) is 2. The van der Waals surface area contributed by atoms with E-state index in [1.165, 1.54) is 0 Å². The van der Waals surface area contributed by atoms with Crippen molar-refractivity contribution in [2.24, 2.45) is 0 Å². The predicted octanol–water partition coefficient (Wildman–Crippen LogP) is -0.763. The van der Waals surface area contributed by atoms with Crippen LogP contribution in [0, 0.1) is 0 Å². The first-order valence-electron chi connectivity index (χ1n) is 5.42. The number of nitrogens with one attached hydrogen (secondary N) is 1. The monoisotopic (exact) mass is 242 g/mol. The number of hydrogen-bond acceptors (Lipinski definition) is 8. The van der Waals surface area contributed by atoms with Crippen LogP contribution in [0.5, 0.6) is 0 Å². The summed E-state index contributed by atoms with van der Waals surface area (Å²) in [6, 6.07) is 0. The van der Waals surface area contributed by atoms with Gasteiger partial charge >= 0.3 is 0 Å². The minimum absolute atomic E-state index is 0.0965. The predicted molar refractivity (Wildman–Crippen MR) is 64.3 cm³/mol. The smallest absolute Gasteiger partial charge is 0.229 e. The Bertz CT molecular complexity index is 315. The van der Waals surface area contributed by atoms with Gasteiger partial charge in [-0.3, -0.25) is 0 Å². The molecular weight excluding hydrogens is 224 g/mol. The van der Waals surface area contributed by atoms with Crippen molar-refractivity contribution in [2.75, 3.05) is 43.1 Å². The second-order valence-corrected chi connectivity index (χ2v) is 3.35. The van der Waals surface area contributed by atoms with E-state index in [4.69, 9.17) is 21.3 Å². The van der Waals surface area contributed by atoms with Crippen LogP contribution < -0.4 is 16.8 Å². The zero-order valence-electron chi connectivity index (χ0n) is 9.59. The van der Waals surface area contributed by atoms with Crippen LogP contribution in [0.4, 0.5) is 17.8 Å². The minimum atomic E-state index is 0.0965. The number of aliphatic hydroxyl groups excluding tert-OH is 1. The molecule has 0 aliphatic carbocycles. The molecule has 8 nitrogen and oxygen atoms in total. The normalized spacial score (nSPS) is 10.4. The Morgan fingerprint density at radius 3 is 2.35 bits per heavy atom. The first kappa shape index (κ1) is 13.4. The van der Waals surface area contributed by atoms with Crippen LogP contribution in [0.3, 0.4) is 0 Å². The molecule has 1 aromatic heterocycles. The number of hydrogen-bond donors (Lipinski definition) is 4. The topological polar surface area (TPSA) is 132 Å². The van der Waals surface area contributed by atoms with Crippen molar-refractivity contribution < 1.29 is 9.84 Å². The SMILES string of the molecule is Nc1nc(N)nc(NCCCOCCCO)n1. The number of anilines is 3. The molecule has 1 rings (SSSR count). The molecule has 0 saturated heterocycles. The van der Waals surface area contributed by atoms with Gasteiger partial charge in [0.2, 0.25) is 17.8 Å². The molecule has 1 aromatic rings. The highest BCUT2D eigenvalue weighted by atomic mass is 16.5. The van der Waals surface area contributed by atoms with Crippen molar-refractivity contribution in [1.29, 1.82) is 0 Å². The fourth-order valence-corrected chi connectivity index (χ4v) is 1.13. The Labute approximate surface area is 99.4 Å². The van der Waals surface area contributed by atoms with E-state index in [1.807, 2.05) is 0 Å². The third-order valence-electron chi connectivity index (χ3n) is 1.87. The summed E-state index contributed by atoms with van der Waals surface area (Å²) in [7, 11) is 0. The molecule has 8 heteroatoms. The van der Waals surface area contributed by atoms with Gasteiger partial charge < -0.3 is 26.6 Å². The molecule has 0 aromatic carbocycles. The number of aromatic nitrogens is 3. The first-order valence-corrected chi connectivity index (χ1v) is 5.42. The summed E-state index contributed by atoms with van der Waals surface area (Å²) in [5, 5.41) is 11.5. The summed E-state index contributed by atoms with van der Waals surface area (Å²) >= 11 is 0. The van der Waals surface area contributed by atoms with Crippen LogP contribution in [0.2, 0.25) is 0 Å². The van der Waals surface area contributed by atoms with Crippen LogP contribution >= 0.6 is 0 Å². The first-order chi connectivity index (χ1) is 8.22.